The second-order valence-electron chi connectivity index (χ2n) is 4.16. The number of aromatic nitrogens is 2. The van der Waals surface area contributed by atoms with Crippen molar-refractivity contribution in [3.05, 3.63) is 22.3 Å². The van der Waals surface area contributed by atoms with Crippen LogP contribution in [0.25, 0.3) is 10.8 Å². The molecule has 4 nitrogen and oxygen atoms in total. The van der Waals surface area contributed by atoms with Crippen LogP contribution in [0.3, 0.4) is 0 Å². The molecule has 1 atom stereocenters. The predicted octanol–water partition coefficient (Wildman–Crippen LogP) is 2.31. The topological polar surface area (TPSA) is 64.9 Å². The molecule has 2 N–H and O–H groups in total. The van der Waals surface area contributed by atoms with E-state index < -0.39 is 0 Å². The van der Waals surface area contributed by atoms with Crippen LogP contribution in [-0.2, 0) is 12.8 Å². The highest BCUT2D eigenvalue weighted by Crippen LogP contribution is 2.35. The van der Waals surface area contributed by atoms with Crippen molar-refractivity contribution in [1.29, 1.82) is 0 Å². The van der Waals surface area contributed by atoms with Gasteiger partial charge < -0.3 is 10.3 Å². The van der Waals surface area contributed by atoms with Gasteiger partial charge in [0.2, 0.25) is 0 Å². The van der Waals surface area contributed by atoms with Crippen molar-refractivity contribution >= 4 is 11.3 Å². The molecule has 2 aromatic rings. The van der Waals surface area contributed by atoms with E-state index in [0.29, 0.717) is 11.7 Å². The highest BCUT2D eigenvalue weighted by molar-refractivity contribution is 7.15. The summed E-state index contributed by atoms with van der Waals surface area (Å²) in [5, 5.41) is 3.87. The van der Waals surface area contributed by atoms with Crippen molar-refractivity contribution in [2.24, 2.45) is 5.73 Å². The van der Waals surface area contributed by atoms with Gasteiger partial charge in [-0.05, 0) is 37.8 Å². The largest absolute Gasteiger partial charge is 0.333 e. The molecular weight excluding hydrogens is 222 g/mol. The predicted molar refractivity (Wildman–Crippen MR) is 62.2 cm³/mol. The first-order valence-electron chi connectivity index (χ1n) is 5.45. The second kappa shape index (κ2) is 3.68. The molecule has 2 aromatic heterocycles. The Labute approximate surface area is 97.5 Å². The molecule has 2 heterocycles. The van der Waals surface area contributed by atoms with Gasteiger partial charge in [-0.1, -0.05) is 5.16 Å². The van der Waals surface area contributed by atoms with Crippen molar-refractivity contribution in [2.45, 2.75) is 32.2 Å². The quantitative estimate of drug-likeness (QED) is 0.867. The van der Waals surface area contributed by atoms with E-state index in [-0.39, 0.29) is 6.04 Å². The number of nitrogens with two attached hydrogens (primary N) is 1. The van der Waals surface area contributed by atoms with Crippen LogP contribution in [0.4, 0.5) is 0 Å². The number of hydrogen-bond acceptors (Lipinski definition) is 5. The summed E-state index contributed by atoms with van der Waals surface area (Å²) in [6.07, 6.45) is 3.64. The zero-order valence-corrected chi connectivity index (χ0v) is 9.88. The van der Waals surface area contributed by atoms with Gasteiger partial charge in [0.25, 0.3) is 5.89 Å². The van der Waals surface area contributed by atoms with Gasteiger partial charge in [-0.3, -0.25) is 0 Å². The molecule has 84 valence electrons. The third-order valence-electron chi connectivity index (χ3n) is 2.81. The van der Waals surface area contributed by atoms with E-state index in [1.807, 2.05) is 6.92 Å². The lowest BCUT2D eigenvalue weighted by atomic mass is 10.2. The molecule has 0 bridgehead atoms. The van der Waals surface area contributed by atoms with Crippen molar-refractivity contribution in [3.8, 4) is 10.8 Å². The summed E-state index contributed by atoms with van der Waals surface area (Å²) < 4.78 is 5.22. The van der Waals surface area contributed by atoms with Crippen LogP contribution in [0.2, 0.25) is 0 Å². The van der Waals surface area contributed by atoms with Crippen molar-refractivity contribution < 1.29 is 4.52 Å². The number of nitrogens with zero attached hydrogens (tertiary/aromatic N) is 2. The van der Waals surface area contributed by atoms with Crippen LogP contribution >= 0.6 is 11.3 Å². The Morgan fingerprint density at radius 3 is 3.06 bits per heavy atom. The minimum absolute atomic E-state index is 0.177. The molecule has 1 aliphatic carbocycles. The number of rotatable bonds is 2. The monoisotopic (exact) mass is 235 g/mol. The van der Waals surface area contributed by atoms with E-state index in [4.69, 9.17) is 10.3 Å². The highest BCUT2D eigenvalue weighted by atomic mass is 32.1. The van der Waals surface area contributed by atoms with E-state index in [0.717, 1.165) is 4.88 Å². The summed E-state index contributed by atoms with van der Waals surface area (Å²) >= 11 is 1.76. The van der Waals surface area contributed by atoms with Crippen LogP contribution in [0.1, 0.15) is 35.7 Å². The number of aryl methyl sites for hydroxylation is 2. The maximum absolute atomic E-state index is 5.70. The summed E-state index contributed by atoms with van der Waals surface area (Å²) in [6, 6.07) is 2.00. The Morgan fingerprint density at radius 2 is 2.38 bits per heavy atom. The van der Waals surface area contributed by atoms with Gasteiger partial charge in [-0.2, -0.15) is 4.98 Å². The molecule has 0 saturated carbocycles. The molecule has 0 aliphatic heterocycles. The number of hydrogen-bond donors (Lipinski definition) is 1. The van der Waals surface area contributed by atoms with Gasteiger partial charge >= 0.3 is 0 Å². The van der Waals surface area contributed by atoms with Gasteiger partial charge in [-0.25, -0.2) is 0 Å². The molecule has 0 aromatic carbocycles. The second-order valence-corrected chi connectivity index (χ2v) is 5.30. The maximum Gasteiger partial charge on any atom is 0.268 e. The lowest BCUT2D eigenvalue weighted by Crippen LogP contribution is -2.06. The van der Waals surface area contributed by atoms with Crippen molar-refractivity contribution in [3.63, 3.8) is 0 Å². The van der Waals surface area contributed by atoms with Crippen LogP contribution in [0, 0.1) is 0 Å². The standard InChI is InChI=1S/C11H13N3OS/c1-6(12)10-13-11(15-14-10)9-5-7-3-2-4-8(7)16-9/h5-6H,2-4,12H2,1H3. The molecule has 5 heteroatoms. The molecule has 1 aliphatic rings. The zero-order valence-electron chi connectivity index (χ0n) is 9.06. The van der Waals surface area contributed by atoms with Gasteiger partial charge in [-0.15, -0.1) is 11.3 Å². The molecule has 1 unspecified atom stereocenters. The van der Waals surface area contributed by atoms with Crippen molar-refractivity contribution in [2.75, 3.05) is 0 Å². The summed E-state index contributed by atoms with van der Waals surface area (Å²) in [5.74, 6) is 1.18. The fraction of sp³-hybridized carbons (Fsp3) is 0.455. The molecule has 0 radical (unpaired) electrons. The van der Waals surface area contributed by atoms with Gasteiger partial charge in [0.1, 0.15) is 0 Å². The summed E-state index contributed by atoms with van der Waals surface area (Å²) in [7, 11) is 0. The van der Waals surface area contributed by atoms with E-state index in [2.05, 4.69) is 16.2 Å². The lowest BCUT2D eigenvalue weighted by molar-refractivity contribution is 0.419. The fourth-order valence-corrected chi connectivity index (χ4v) is 3.13. The Bertz CT molecular complexity index is 494. The molecule has 0 spiro atoms. The van der Waals surface area contributed by atoms with E-state index in [1.54, 1.807) is 11.3 Å². The smallest absolute Gasteiger partial charge is 0.268 e. The summed E-state index contributed by atoms with van der Waals surface area (Å²) in [4.78, 5) is 6.84. The van der Waals surface area contributed by atoms with Gasteiger partial charge in [0.15, 0.2) is 5.82 Å². The Kier molecular flexibility index (Phi) is 2.29. The molecule has 0 fully saturated rings. The average Bonchev–Trinajstić information content (AvgIpc) is 2.91. The van der Waals surface area contributed by atoms with Gasteiger partial charge in [0.05, 0.1) is 10.9 Å². The first kappa shape index (κ1) is 9.99. The minimum atomic E-state index is -0.177. The van der Waals surface area contributed by atoms with E-state index >= 15 is 0 Å². The fourth-order valence-electron chi connectivity index (χ4n) is 1.95. The number of thiophene rings is 1. The Hall–Kier alpha value is -1.20. The molecule has 3 rings (SSSR count). The van der Waals surface area contributed by atoms with Crippen LogP contribution < -0.4 is 5.73 Å². The van der Waals surface area contributed by atoms with Crippen LogP contribution in [0.15, 0.2) is 10.6 Å². The Morgan fingerprint density at radius 1 is 1.50 bits per heavy atom. The molecular formula is C11H13N3OS. The number of fused-ring (bicyclic) bond motifs is 1. The minimum Gasteiger partial charge on any atom is -0.333 e. The zero-order chi connectivity index (χ0) is 11.1. The highest BCUT2D eigenvalue weighted by Gasteiger charge is 2.19. The van der Waals surface area contributed by atoms with Crippen molar-refractivity contribution in [1.82, 2.24) is 10.1 Å². The molecule has 0 saturated heterocycles. The van der Waals surface area contributed by atoms with Crippen LogP contribution in [0.5, 0.6) is 0 Å². The average molecular weight is 235 g/mol. The third kappa shape index (κ3) is 1.56. The third-order valence-corrected chi connectivity index (χ3v) is 4.03. The maximum atomic E-state index is 5.70. The summed E-state index contributed by atoms with van der Waals surface area (Å²) in [6.45, 7) is 1.85. The first-order chi connectivity index (χ1) is 7.74. The van der Waals surface area contributed by atoms with E-state index in [9.17, 15) is 0 Å². The molecule has 0 amide bonds. The van der Waals surface area contributed by atoms with Gasteiger partial charge in [0, 0.05) is 4.88 Å². The SMILES string of the molecule is CC(N)c1noc(-c2cc3c(s2)CCC3)n1. The van der Waals surface area contributed by atoms with Crippen LogP contribution in [-0.4, -0.2) is 10.1 Å². The molecule has 16 heavy (non-hydrogen) atoms. The Balaban J connectivity index is 1.95. The summed E-state index contributed by atoms with van der Waals surface area (Å²) in [5.41, 5.74) is 7.14. The van der Waals surface area contributed by atoms with E-state index in [1.165, 1.54) is 29.7 Å². The first-order valence-corrected chi connectivity index (χ1v) is 6.27. The lowest BCUT2D eigenvalue weighted by Gasteiger charge is -1.92. The normalized spacial score (nSPS) is 16.4.